The van der Waals surface area contributed by atoms with Gasteiger partial charge in [0.25, 0.3) is 0 Å². The van der Waals surface area contributed by atoms with Gasteiger partial charge >= 0.3 is 5.97 Å². The van der Waals surface area contributed by atoms with Crippen LogP contribution in [0.2, 0.25) is 0 Å². The van der Waals surface area contributed by atoms with E-state index in [0.29, 0.717) is 0 Å². The van der Waals surface area contributed by atoms with Crippen LogP contribution in [0.3, 0.4) is 0 Å². The Morgan fingerprint density at radius 1 is 1.35 bits per heavy atom. The average molecular weight is 255 g/mol. The van der Waals surface area contributed by atoms with E-state index >= 15 is 0 Å². The van der Waals surface area contributed by atoms with Gasteiger partial charge in [-0.05, 0) is 19.1 Å². The maximum absolute atomic E-state index is 13.5. The Morgan fingerprint density at radius 2 is 1.94 bits per heavy atom. The molecule has 0 unspecified atom stereocenters. The maximum atomic E-state index is 13.5. The summed E-state index contributed by atoms with van der Waals surface area (Å²) in [6.45, 7) is 1.49. The molecule has 0 atom stereocenters. The standard InChI is InChI=1S/C11H7F2NO2S/c1-5-9(11(15)16)17-10(14-5)8-6(12)3-2-4-7(8)13/h2-4H,1H3,(H,15,16). The Kier molecular flexibility index (Phi) is 2.89. The lowest BCUT2D eigenvalue weighted by Crippen LogP contribution is -1.94. The van der Waals surface area contributed by atoms with Crippen molar-refractivity contribution in [1.29, 1.82) is 0 Å². The first-order valence-electron chi connectivity index (χ1n) is 4.66. The molecule has 1 aromatic carbocycles. The molecule has 0 fully saturated rings. The lowest BCUT2D eigenvalue weighted by Gasteiger charge is -1.99. The molecule has 17 heavy (non-hydrogen) atoms. The summed E-state index contributed by atoms with van der Waals surface area (Å²) in [5, 5.41) is 8.88. The highest BCUT2D eigenvalue weighted by atomic mass is 32.1. The van der Waals surface area contributed by atoms with E-state index in [-0.39, 0.29) is 21.1 Å². The van der Waals surface area contributed by atoms with Crippen LogP contribution in [0.15, 0.2) is 18.2 Å². The van der Waals surface area contributed by atoms with Gasteiger partial charge in [0, 0.05) is 0 Å². The van der Waals surface area contributed by atoms with Crippen molar-refractivity contribution >= 4 is 17.3 Å². The molecule has 2 rings (SSSR count). The Balaban J connectivity index is 2.62. The highest BCUT2D eigenvalue weighted by Crippen LogP contribution is 2.31. The SMILES string of the molecule is Cc1nc(-c2c(F)cccc2F)sc1C(=O)O. The number of rotatable bonds is 2. The van der Waals surface area contributed by atoms with Gasteiger partial charge < -0.3 is 5.11 Å². The zero-order valence-corrected chi connectivity index (χ0v) is 9.52. The fourth-order valence-electron chi connectivity index (χ4n) is 1.40. The highest BCUT2D eigenvalue weighted by molar-refractivity contribution is 7.17. The second-order valence-electron chi connectivity index (χ2n) is 3.34. The Labute approximate surface area is 99.4 Å². The van der Waals surface area contributed by atoms with Gasteiger partial charge in [0.05, 0.1) is 11.3 Å². The molecular weight excluding hydrogens is 248 g/mol. The van der Waals surface area contributed by atoms with Gasteiger partial charge in [-0.2, -0.15) is 0 Å². The summed E-state index contributed by atoms with van der Waals surface area (Å²) in [7, 11) is 0. The van der Waals surface area contributed by atoms with Crippen LogP contribution in [-0.4, -0.2) is 16.1 Å². The molecule has 88 valence electrons. The zero-order chi connectivity index (χ0) is 12.6. The monoisotopic (exact) mass is 255 g/mol. The molecule has 2 aromatic rings. The molecule has 0 aliphatic heterocycles. The minimum absolute atomic E-state index is 0.0114. The average Bonchev–Trinajstić information content (AvgIpc) is 2.60. The lowest BCUT2D eigenvalue weighted by atomic mass is 10.2. The highest BCUT2D eigenvalue weighted by Gasteiger charge is 2.19. The van der Waals surface area contributed by atoms with Crippen LogP contribution >= 0.6 is 11.3 Å². The van der Waals surface area contributed by atoms with Gasteiger partial charge in [0.1, 0.15) is 21.5 Å². The number of aryl methyl sites for hydroxylation is 1. The summed E-state index contributed by atoms with van der Waals surface area (Å²) in [4.78, 5) is 14.7. The van der Waals surface area contributed by atoms with Gasteiger partial charge in [-0.3, -0.25) is 0 Å². The van der Waals surface area contributed by atoms with Crippen molar-refractivity contribution in [1.82, 2.24) is 4.98 Å². The fraction of sp³-hybridized carbons (Fsp3) is 0.0909. The molecule has 0 bridgehead atoms. The number of hydrogen-bond acceptors (Lipinski definition) is 3. The van der Waals surface area contributed by atoms with Crippen molar-refractivity contribution < 1.29 is 18.7 Å². The first-order valence-corrected chi connectivity index (χ1v) is 5.47. The third-order valence-corrected chi connectivity index (χ3v) is 3.33. The molecule has 1 N–H and O–H groups in total. The molecule has 0 saturated heterocycles. The van der Waals surface area contributed by atoms with E-state index in [1.165, 1.54) is 13.0 Å². The van der Waals surface area contributed by atoms with Gasteiger partial charge in [-0.1, -0.05) is 6.07 Å². The van der Waals surface area contributed by atoms with Crippen molar-refractivity contribution in [2.75, 3.05) is 0 Å². The van der Waals surface area contributed by atoms with Gasteiger partial charge in [0.2, 0.25) is 0 Å². The van der Waals surface area contributed by atoms with Crippen molar-refractivity contribution in [2.45, 2.75) is 6.92 Å². The molecule has 0 radical (unpaired) electrons. The number of halogens is 2. The van der Waals surface area contributed by atoms with Gasteiger partial charge in [0.15, 0.2) is 0 Å². The molecule has 3 nitrogen and oxygen atoms in total. The van der Waals surface area contributed by atoms with Gasteiger partial charge in [-0.15, -0.1) is 11.3 Å². The summed E-state index contributed by atoms with van der Waals surface area (Å²) < 4.78 is 26.9. The smallest absolute Gasteiger partial charge is 0.347 e. The van der Waals surface area contributed by atoms with Crippen LogP contribution in [0.1, 0.15) is 15.4 Å². The molecule has 0 amide bonds. The quantitative estimate of drug-likeness (QED) is 0.897. The second-order valence-corrected chi connectivity index (χ2v) is 4.33. The Bertz CT molecular complexity index is 575. The predicted molar refractivity (Wildman–Crippen MR) is 59.2 cm³/mol. The van der Waals surface area contributed by atoms with Crippen molar-refractivity contribution in [2.24, 2.45) is 0 Å². The van der Waals surface area contributed by atoms with Crippen LogP contribution in [-0.2, 0) is 0 Å². The van der Waals surface area contributed by atoms with Crippen molar-refractivity contribution in [3.8, 4) is 10.6 Å². The zero-order valence-electron chi connectivity index (χ0n) is 8.70. The fourth-order valence-corrected chi connectivity index (χ4v) is 2.36. The van der Waals surface area contributed by atoms with E-state index in [2.05, 4.69) is 4.98 Å². The number of thiazole rings is 1. The molecule has 6 heteroatoms. The number of carbonyl (C=O) groups is 1. The number of nitrogens with zero attached hydrogens (tertiary/aromatic N) is 1. The number of carboxylic acids is 1. The summed E-state index contributed by atoms with van der Waals surface area (Å²) >= 11 is 0.758. The molecule has 0 aliphatic rings. The summed E-state index contributed by atoms with van der Waals surface area (Å²) in [5.41, 5.74) is -0.0340. The molecular formula is C11H7F2NO2S. The minimum atomic E-state index is -1.15. The van der Waals surface area contributed by atoms with Gasteiger partial charge in [-0.25, -0.2) is 18.6 Å². The first kappa shape index (κ1) is 11.7. The van der Waals surface area contributed by atoms with E-state index in [9.17, 15) is 13.6 Å². The summed E-state index contributed by atoms with van der Waals surface area (Å²) in [6, 6.07) is 3.46. The number of aromatic carboxylic acids is 1. The maximum Gasteiger partial charge on any atom is 0.347 e. The Morgan fingerprint density at radius 3 is 2.41 bits per heavy atom. The van der Waals surface area contributed by atoms with Crippen LogP contribution in [0.5, 0.6) is 0 Å². The van der Waals surface area contributed by atoms with E-state index < -0.39 is 17.6 Å². The number of carboxylic acid groups (broad SMARTS) is 1. The number of benzene rings is 1. The molecule has 1 heterocycles. The van der Waals surface area contributed by atoms with E-state index in [1.54, 1.807) is 0 Å². The van der Waals surface area contributed by atoms with Crippen LogP contribution < -0.4 is 0 Å². The van der Waals surface area contributed by atoms with E-state index in [0.717, 1.165) is 23.5 Å². The summed E-state index contributed by atoms with van der Waals surface area (Å²) in [6.07, 6.45) is 0. The lowest BCUT2D eigenvalue weighted by molar-refractivity contribution is 0.0701. The third kappa shape index (κ3) is 2.03. The first-order chi connectivity index (χ1) is 8.00. The minimum Gasteiger partial charge on any atom is -0.477 e. The normalized spacial score (nSPS) is 10.5. The largest absolute Gasteiger partial charge is 0.477 e. The topological polar surface area (TPSA) is 50.2 Å². The number of hydrogen-bond donors (Lipinski definition) is 1. The van der Waals surface area contributed by atoms with Crippen LogP contribution in [0.25, 0.3) is 10.6 Å². The van der Waals surface area contributed by atoms with Crippen molar-refractivity contribution in [3.05, 3.63) is 40.4 Å². The predicted octanol–water partition coefficient (Wildman–Crippen LogP) is 3.09. The summed E-state index contributed by atoms with van der Waals surface area (Å²) in [5.74, 6) is -2.66. The molecule has 0 saturated carbocycles. The van der Waals surface area contributed by atoms with Crippen LogP contribution in [0, 0.1) is 18.6 Å². The third-order valence-electron chi connectivity index (χ3n) is 2.17. The molecule has 0 spiro atoms. The van der Waals surface area contributed by atoms with E-state index in [1.807, 2.05) is 0 Å². The molecule has 0 aliphatic carbocycles. The molecule has 1 aromatic heterocycles. The van der Waals surface area contributed by atoms with Crippen LogP contribution in [0.4, 0.5) is 8.78 Å². The second kappa shape index (κ2) is 4.21. The number of aromatic nitrogens is 1. The van der Waals surface area contributed by atoms with E-state index in [4.69, 9.17) is 5.11 Å². The Hall–Kier alpha value is -1.82. The van der Waals surface area contributed by atoms with Crippen molar-refractivity contribution in [3.63, 3.8) is 0 Å².